The molecule has 0 aromatic carbocycles. The van der Waals surface area contributed by atoms with Crippen LogP contribution in [0.2, 0.25) is 0 Å². The van der Waals surface area contributed by atoms with E-state index in [1.165, 1.54) is 0 Å². The van der Waals surface area contributed by atoms with E-state index in [1.807, 2.05) is 48.0 Å². The van der Waals surface area contributed by atoms with Gasteiger partial charge in [0.25, 0.3) is 5.91 Å². The summed E-state index contributed by atoms with van der Waals surface area (Å²) < 4.78 is 1.88. The first-order valence-corrected chi connectivity index (χ1v) is 12.1. The summed E-state index contributed by atoms with van der Waals surface area (Å²) in [5.41, 5.74) is 0.513. The average molecular weight is 467 g/mol. The van der Waals surface area contributed by atoms with Crippen LogP contribution in [0.1, 0.15) is 44.1 Å². The van der Waals surface area contributed by atoms with E-state index in [0.29, 0.717) is 42.9 Å². The lowest BCUT2D eigenvalue weighted by Gasteiger charge is -2.22. The van der Waals surface area contributed by atoms with Crippen molar-refractivity contribution in [3.8, 4) is 0 Å². The van der Waals surface area contributed by atoms with Gasteiger partial charge in [-0.2, -0.15) is 4.98 Å². The molecular weight excluding hydrogens is 428 g/mol. The second-order valence-electron chi connectivity index (χ2n) is 9.02. The van der Waals surface area contributed by atoms with Crippen LogP contribution in [0.3, 0.4) is 0 Å². The van der Waals surface area contributed by atoms with E-state index in [0.717, 1.165) is 25.3 Å². The third kappa shape index (κ3) is 6.65. The molecule has 2 unspecified atom stereocenters. The Morgan fingerprint density at radius 3 is 2.91 bits per heavy atom. The third-order valence-electron chi connectivity index (χ3n) is 5.85. The van der Waals surface area contributed by atoms with Crippen molar-refractivity contribution in [1.29, 1.82) is 0 Å². The van der Waals surface area contributed by atoms with Crippen LogP contribution in [0.5, 0.6) is 0 Å². The molecule has 0 bridgehead atoms. The second kappa shape index (κ2) is 12.3. The fourth-order valence-electron chi connectivity index (χ4n) is 4.12. The minimum Gasteiger partial charge on any atom is -0.345 e. The molecule has 3 rings (SSSR count). The number of aromatic nitrogens is 2. The van der Waals surface area contributed by atoms with Gasteiger partial charge in [-0.3, -0.25) is 14.8 Å². The SMILES string of the molecule is CCCC(C)CN(C)c1nc(N2C=NCC2)c(C(=O)NCC2=NC/C=C\C=C/C(C)C=N2)n1C. The molecule has 1 N–H and O–H groups in total. The normalized spacial score (nSPS) is 20.7. The number of nitrogens with zero attached hydrogens (tertiary/aromatic N) is 7. The molecule has 2 atom stereocenters. The Bertz CT molecular complexity index is 987. The minimum absolute atomic E-state index is 0.190. The monoisotopic (exact) mass is 466 g/mol. The number of carbonyl (C=O) groups is 1. The van der Waals surface area contributed by atoms with E-state index >= 15 is 0 Å². The molecule has 2 aliphatic heterocycles. The molecule has 9 heteroatoms. The van der Waals surface area contributed by atoms with Crippen LogP contribution < -0.4 is 15.1 Å². The summed E-state index contributed by atoms with van der Waals surface area (Å²) in [5.74, 6) is 2.51. The number of rotatable bonds is 9. The molecule has 0 saturated heterocycles. The Morgan fingerprint density at radius 2 is 2.18 bits per heavy atom. The molecule has 184 valence electrons. The molecular formula is C25H38N8O. The van der Waals surface area contributed by atoms with E-state index in [4.69, 9.17) is 4.98 Å². The summed E-state index contributed by atoms with van der Waals surface area (Å²) in [6.45, 7) is 9.56. The van der Waals surface area contributed by atoms with Crippen molar-refractivity contribution in [3.05, 3.63) is 30.0 Å². The van der Waals surface area contributed by atoms with Crippen molar-refractivity contribution < 1.29 is 4.79 Å². The number of amidine groups is 1. The first-order valence-electron chi connectivity index (χ1n) is 12.1. The fourth-order valence-corrected chi connectivity index (χ4v) is 4.12. The highest BCUT2D eigenvalue weighted by atomic mass is 16.2. The Hall–Kier alpha value is -3.23. The van der Waals surface area contributed by atoms with Crippen molar-refractivity contribution in [2.24, 2.45) is 33.9 Å². The molecule has 2 aliphatic rings. The van der Waals surface area contributed by atoms with Crippen LogP contribution in [0.15, 0.2) is 39.3 Å². The molecule has 1 amide bonds. The highest BCUT2D eigenvalue weighted by Crippen LogP contribution is 2.26. The number of anilines is 2. The standard InChI is InChI=1S/C25H38N8O/c1-6-10-20(3)17-31(4)25-30-23(33-14-13-26-18-33)22(32(25)5)24(34)29-16-21-27-12-9-7-8-11-19(2)15-28-21/h7-9,11,15,18-20H,6,10,12-14,16-17H2,1-5H3,(H,29,34)/b9-7-,11-8-,27-21?,28-15?. The first kappa shape index (κ1) is 25.4. The lowest BCUT2D eigenvalue weighted by molar-refractivity contribution is 0.0952. The van der Waals surface area contributed by atoms with Crippen molar-refractivity contribution in [2.75, 3.05) is 49.6 Å². The van der Waals surface area contributed by atoms with Crippen LogP contribution in [0, 0.1) is 11.8 Å². The number of amides is 1. The number of nitrogens with one attached hydrogen (secondary N) is 1. The zero-order valence-electron chi connectivity index (χ0n) is 21.1. The maximum atomic E-state index is 13.4. The Kier molecular flexibility index (Phi) is 9.18. The third-order valence-corrected chi connectivity index (χ3v) is 5.85. The summed E-state index contributed by atoms with van der Waals surface area (Å²) >= 11 is 0. The number of aliphatic imine (C=N–C) groups is 3. The number of imidazole rings is 1. The maximum Gasteiger partial charge on any atom is 0.272 e. The van der Waals surface area contributed by atoms with E-state index in [1.54, 1.807) is 6.34 Å². The molecule has 0 spiro atoms. The van der Waals surface area contributed by atoms with Crippen molar-refractivity contribution >= 4 is 36.1 Å². The van der Waals surface area contributed by atoms with Gasteiger partial charge in [0.15, 0.2) is 11.5 Å². The predicted octanol–water partition coefficient (Wildman–Crippen LogP) is 3.10. The lowest BCUT2D eigenvalue weighted by atomic mass is 10.1. The quantitative estimate of drug-likeness (QED) is 0.605. The van der Waals surface area contributed by atoms with Crippen molar-refractivity contribution in [2.45, 2.75) is 33.6 Å². The summed E-state index contributed by atoms with van der Waals surface area (Å²) in [4.78, 5) is 35.7. The molecule has 0 aliphatic carbocycles. The van der Waals surface area contributed by atoms with Crippen LogP contribution in [-0.2, 0) is 7.05 Å². The number of hydrogen-bond acceptors (Lipinski definition) is 7. The fraction of sp³-hybridized carbons (Fsp3) is 0.560. The number of hydrogen-bond donors (Lipinski definition) is 1. The highest BCUT2D eigenvalue weighted by Gasteiger charge is 2.27. The zero-order chi connectivity index (χ0) is 24.5. The minimum atomic E-state index is -0.204. The highest BCUT2D eigenvalue weighted by molar-refractivity contribution is 6.03. The lowest BCUT2D eigenvalue weighted by Crippen LogP contribution is -2.33. The van der Waals surface area contributed by atoms with Gasteiger partial charge in [0.05, 0.1) is 26.0 Å². The van der Waals surface area contributed by atoms with Gasteiger partial charge in [0.2, 0.25) is 5.95 Å². The van der Waals surface area contributed by atoms with E-state index < -0.39 is 0 Å². The van der Waals surface area contributed by atoms with Crippen LogP contribution in [0.25, 0.3) is 0 Å². The van der Waals surface area contributed by atoms with E-state index in [2.05, 4.69) is 52.0 Å². The van der Waals surface area contributed by atoms with Crippen molar-refractivity contribution in [3.63, 3.8) is 0 Å². The number of allylic oxidation sites excluding steroid dienone is 3. The van der Waals surface area contributed by atoms with Gasteiger partial charge in [-0.05, 0) is 12.3 Å². The van der Waals surface area contributed by atoms with E-state index in [-0.39, 0.29) is 18.4 Å². The average Bonchev–Trinajstić information content (AvgIpc) is 3.45. The van der Waals surface area contributed by atoms with Gasteiger partial charge in [-0.1, -0.05) is 51.5 Å². The summed E-state index contributed by atoms with van der Waals surface area (Å²) in [6, 6.07) is 0. The largest absolute Gasteiger partial charge is 0.345 e. The molecule has 34 heavy (non-hydrogen) atoms. The van der Waals surface area contributed by atoms with Gasteiger partial charge in [-0.15, -0.1) is 0 Å². The second-order valence-corrected chi connectivity index (χ2v) is 9.02. The smallest absolute Gasteiger partial charge is 0.272 e. The predicted molar refractivity (Wildman–Crippen MR) is 142 cm³/mol. The van der Waals surface area contributed by atoms with Gasteiger partial charge in [0.1, 0.15) is 5.84 Å². The molecule has 1 aromatic heterocycles. The summed E-state index contributed by atoms with van der Waals surface area (Å²) in [5, 5.41) is 3.01. The Labute approximate surface area is 203 Å². The van der Waals surface area contributed by atoms with Gasteiger partial charge < -0.3 is 19.7 Å². The first-order chi connectivity index (χ1) is 16.4. The van der Waals surface area contributed by atoms with Crippen LogP contribution in [0.4, 0.5) is 11.8 Å². The Balaban J connectivity index is 1.81. The zero-order valence-corrected chi connectivity index (χ0v) is 21.1. The molecule has 0 radical (unpaired) electrons. The molecule has 9 nitrogen and oxygen atoms in total. The summed E-state index contributed by atoms with van der Waals surface area (Å²) in [6.07, 6.45) is 13.9. The summed E-state index contributed by atoms with van der Waals surface area (Å²) in [7, 11) is 3.93. The molecule has 3 heterocycles. The van der Waals surface area contributed by atoms with E-state index in [9.17, 15) is 4.79 Å². The molecule has 0 saturated carbocycles. The van der Waals surface area contributed by atoms with Crippen LogP contribution in [-0.4, -0.2) is 73.6 Å². The molecule has 1 aromatic rings. The Morgan fingerprint density at radius 1 is 1.35 bits per heavy atom. The topological polar surface area (TPSA) is 90.5 Å². The molecule has 0 fully saturated rings. The van der Waals surface area contributed by atoms with Gasteiger partial charge in [0, 0.05) is 39.3 Å². The van der Waals surface area contributed by atoms with Gasteiger partial charge in [-0.25, -0.2) is 4.99 Å². The number of carbonyl (C=O) groups excluding carboxylic acids is 1. The van der Waals surface area contributed by atoms with Gasteiger partial charge >= 0.3 is 0 Å². The maximum absolute atomic E-state index is 13.4. The van der Waals surface area contributed by atoms with Crippen molar-refractivity contribution in [1.82, 2.24) is 14.9 Å². The van der Waals surface area contributed by atoms with Crippen LogP contribution >= 0.6 is 0 Å².